The third kappa shape index (κ3) is 5.47. The molecule has 0 saturated carbocycles. The van der Waals surface area contributed by atoms with Gasteiger partial charge in [-0.3, -0.25) is 19.7 Å². The molecule has 0 aromatic heterocycles. The van der Waals surface area contributed by atoms with E-state index in [0.29, 0.717) is 11.3 Å². The lowest BCUT2D eigenvalue weighted by atomic mass is 9.95. The van der Waals surface area contributed by atoms with E-state index in [1.165, 1.54) is 30.3 Å². The number of ketones is 1. The highest BCUT2D eigenvalue weighted by molar-refractivity contribution is 6.00. The molecular weight excluding hydrogens is 364 g/mol. The van der Waals surface area contributed by atoms with Crippen molar-refractivity contribution in [1.82, 2.24) is 0 Å². The summed E-state index contributed by atoms with van der Waals surface area (Å²) < 4.78 is 4.94. The number of ether oxygens (including phenoxy) is 1. The number of amides is 1. The monoisotopic (exact) mass is 384 g/mol. The highest BCUT2D eigenvalue weighted by Gasteiger charge is 2.21. The van der Waals surface area contributed by atoms with Gasteiger partial charge in [-0.15, -0.1) is 0 Å². The fraction of sp³-hybridized carbons (Fsp3) is 0.250. The Bertz CT molecular complexity index is 913. The van der Waals surface area contributed by atoms with E-state index in [2.05, 4.69) is 5.32 Å². The van der Waals surface area contributed by atoms with E-state index in [9.17, 15) is 24.5 Å². The van der Waals surface area contributed by atoms with Crippen molar-refractivity contribution in [3.8, 4) is 0 Å². The molecule has 0 heterocycles. The van der Waals surface area contributed by atoms with Gasteiger partial charge < -0.3 is 10.1 Å². The molecule has 0 unspecified atom stereocenters. The van der Waals surface area contributed by atoms with Crippen LogP contribution >= 0.6 is 0 Å². The predicted octanol–water partition coefficient (Wildman–Crippen LogP) is 3.62. The number of nitro groups is 1. The normalized spacial score (nSPS) is 10.8. The van der Waals surface area contributed by atoms with E-state index in [1.54, 1.807) is 32.9 Å². The largest absolute Gasteiger partial charge is 0.454 e. The van der Waals surface area contributed by atoms with Gasteiger partial charge in [-0.2, -0.15) is 0 Å². The highest BCUT2D eigenvalue weighted by atomic mass is 16.6. The Balaban J connectivity index is 1.96. The van der Waals surface area contributed by atoms with Crippen LogP contribution in [0.25, 0.3) is 0 Å². The van der Waals surface area contributed by atoms with E-state index in [-0.39, 0.29) is 17.2 Å². The number of rotatable bonds is 6. The van der Waals surface area contributed by atoms with E-state index in [4.69, 9.17) is 4.74 Å². The number of anilines is 1. The average Bonchev–Trinajstić information content (AvgIpc) is 2.65. The molecule has 0 atom stereocenters. The molecule has 0 saturated heterocycles. The highest BCUT2D eigenvalue weighted by Crippen LogP contribution is 2.18. The summed E-state index contributed by atoms with van der Waals surface area (Å²) in [5.41, 5.74) is 0.0523. The minimum atomic E-state index is -0.828. The number of Topliss-reactive ketones (excluding diaryl/α,β-unsaturated/α-hetero) is 1. The van der Waals surface area contributed by atoms with Gasteiger partial charge in [-0.25, -0.2) is 4.79 Å². The Kier molecular flexibility index (Phi) is 6.25. The second kappa shape index (κ2) is 8.43. The van der Waals surface area contributed by atoms with Crippen molar-refractivity contribution in [3.05, 3.63) is 69.8 Å². The first-order valence-electron chi connectivity index (χ1n) is 8.44. The Morgan fingerprint density at radius 1 is 1.04 bits per heavy atom. The molecule has 8 heteroatoms. The molecule has 0 fully saturated rings. The quantitative estimate of drug-likeness (QED) is 0.352. The summed E-state index contributed by atoms with van der Waals surface area (Å²) in [6.45, 7) is 4.86. The summed E-state index contributed by atoms with van der Waals surface area (Å²) in [6, 6.07) is 11.3. The van der Waals surface area contributed by atoms with Crippen LogP contribution in [0.1, 0.15) is 41.5 Å². The molecule has 0 radical (unpaired) electrons. The topological polar surface area (TPSA) is 116 Å². The summed E-state index contributed by atoms with van der Waals surface area (Å²) in [5, 5.41) is 13.5. The Labute approximate surface area is 161 Å². The van der Waals surface area contributed by atoms with E-state index >= 15 is 0 Å². The molecule has 0 aliphatic heterocycles. The summed E-state index contributed by atoms with van der Waals surface area (Å²) in [6.07, 6.45) is 0. The molecule has 0 aliphatic carbocycles. The molecule has 0 bridgehead atoms. The predicted molar refractivity (Wildman–Crippen MR) is 102 cm³/mol. The van der Waals surface area contributed by atoms with E-state index < -0.39 is 28.7 Å². The first-order valence-corrected chi connectivity index (χ1v) is 8.44. The standard InChI is InChI=1S/C20H20N2O6/c1-20(2,3)19(25)21-15-9-7-13(8-10-15)17(23)12-28-18(24)14-5-4-6-16(11-14)22(26)27/h4-11H,12H2,1-3H3,(H,21,25). The molecule has 2 aromatic carbocycles. The third-order valence-electron chi connectivity index (χ3n) is 3.77. The lowest BCUT2D eigenvalue weighted by Crippen LogP contribution is -2.27. The third-order valence-corrected chi connectivity index (χ3v) is 3.77. The number of nitrogens with one attached hydrogen (secondary N) is 1. The van der Waals surface area contributed by atoms with Gasteiger partial charge in [-0.05, 0) is 30.3 Å². The average molecular weight is 384 g/mol. The number of hydrogen-bond acceptors (Lipinski definition) is 6. The first-order chi connectivity index (χ1) is 13.1. The Morgan fingerprint density at radius 2 is 1.68 bits per heavy atom. The molecule has 2 rings (SSSR count). The Morgan fingerprint density at radius 3 is 2.25 bits per heavy atom. The Hall–Kier alpha value is -3.55. The zero-order chi connectivity index (χ0) is 20.9. The number of nitrogens with zero attached hydrogens (tertiary/aromatic N) is 1. The van der Waals surface area contributed by atoms with Crippen molar-refractivity contribution in [1.29, 1.82) is 0 Å². The van der Waals surface area contributed by atoms with Crippen molar-refractivity contribution in [2.75, 3.05) is 11.9 Å². The lowest BCUT2D eigenvalue weighted by molar-refractivity contribution is -0.384. The van der Waals surface area contributed by atoms with Crippen LogP contribution in [-0.2, 0) is 9.53 Å². The van der Waals surface area contributed by atoms with Gasteiger partial charge in [-0.1, -0.05) is 26.8 Å². The van der Waals surface area contributed by atoms with Gasteiger partial charge >= 0.3 is 5.97 Å². The number of nitro benzene ring substituents is 1. The molecule has 0 aliphatic rings. The maximum Gasteiger partial charge on any atom is 0.338 e. The smallest absolute Gasteiger partial charge is 0.338 e. The van der Waals surface area contributed by atoms with Crippen LogP contribution in [0, 0.1) is 15.5 Å². The second-order valence-electron chi connectivity index (χ2n) is 7.09. The fourth-order valence-electron chi connectivity index (χ4n) is 2.10. The molecule has 1 N–H and O–H groups in total. The number of hydrogen-bond donors (Lipinski definition) is 1. The van der Waals surface area contributed by atoms with Crippen LogP contribution in [-0.4, -0.2) is 29.2 Å². The summed E-state index contributed by atoms with van der Waals surface area (Å²) in [5.74, 6) is -1.42. The van der Waals surface area contributed by atoms with Gasteiger partial charge in [0, 0.05) is 28.8 Å². The molecule has 28 heavy (non-hydrogen) atoms. The van der Waals surface area contributed by atoms with Crippen LogP contribution in [0.5, 0.6) is 0 Å². The lowest BCUT2D eigenvalue weighted by Gasteiger charge is -2.17. The van der Waals surface area contributed by atoms with Crippen molar-refractivity contribution in [2.24, 2.45) is 5.41 Å². The van der Waals surface area contributed by atoms with Crippen LogP contribution in [0.2, 0.25) is 0 Å². The SMILES string of the molecule is CC(C)(C)C(=O)Nc1ccc(C(=O)COC(=O)c2cccc([N+](=O)[O-])c2)cc1. The number of benzene rings is 2. The first kappa shape index (κ1) is 20.8. The minimum absolute atomic E-state index is 0.0118. The van der Waals surface area contributed by atoms with E-state index in [1.807, 2.05) is 0 Å². The minimum Gasteiger partial charge on any atom is -0.454 e. The van der Waals surface area contributed by atoms with Gasteiger partial charge in [0.15, 0.2) is 12.4 Å². The zero-order valence-corrected chi connectivity index (χ0v) is 15.7. The van der Waals surface area contributed by atoms with Crippen LogP contribution in [0.4, 0.5) is 11.4 Å². The summed E-state index contributed by atoms with van der Waals surface area (Å²) in [4.78, 5) is 46.2. The molecule has 1 amide bonds. The molecule has 0 spiro atoms. The molecule has 2 aromatic rings. The van der Waals surface area contributed by atoms with Gasteiger partial charge in [0.05, 0.1) is 10.5 Å². The van der Waals surface area contributed by atoms with Gasteiger partial charge in [0.25, 0.3) is 5.69 Å². The van der Waals surface area contributed by atoms with Crippen molar-refractivity contribution in [3.63, 3.8) is 0 Å². The van der Waals surface area contributed by atoms with E-state index in [0.717, 1.165) is 6.07 Å². The molecule has 146 valence electrons. The number of esters is 1. The summed E-state index contributed by atoms with van der Waals surface area (Å²) >= 11 is 0. The summed E-state index contributed by atoms with van der Waals surface area (Å²) in [7, 11) is 0. The maximum atomic E-state index is 12.2. The second-order valence-corrected chi connectivity index (χ2v) is 7.09. The molecular formula is C20H20N2O6. The van der Waals surface area contributed by atoms with Gasteiger partial charge in [0.2, 0.25) is 5.91 Å². The van der Waals surface area contributed by atoms with Crippen molar-refractivity contribution in [2.45, 2.75) is 20.8 Å². The number of carbonyl (C=O) groups is 3. The van der Waals surface area contributed by atoms with Gasteiger partial charge in [0.1, 0.15) is 0 Å². The van der Waals surface area contributed by atoms with Crippen molar-refractivity contribution < 1.29 is 24.0 Å². The van der Waals surface area contributed by atoms with Crippen LogP contribution in [0.3, 0.4) is 0 Å². The van der Waals surface area contributed by atoms with Crippen LogP contribution < -0.4 is 5.32 Å². The van der Waals surface area contributed by atoms with Crippen molar-refractivity contribution >= 4 is 29.0 Å². The van der Waals surface area contributed by atoms with Crippen LogP contribution in [0.15, 0.2) is 48.5 Å². The number of carbonyl (C=O) groups excluding carboxylic acids is 3. The maximum absolute atomic E-state index is 12.2. The molecule has 8 nitrogen and oxygen atoms in total. The number of non-ortho nitro benzene ring substituents is 1. The zero-order valence-electron chi connectivity index (χ0n) is 15.7. The fourth-order valence-corrected chi connectivity index (χ4v) is 2.10.